The van der Waals surface area contributed by atoms with E-state index in [-0.39, 0.29) is 5.56 Å². The number of rotatable bonds is 0. The van der Waals surface area contributed by atoms with Crippen molar-refractivity contribution in [1.29, 1.82) is 0 Å². The summed E-state index contributed by atoms with van der Waals surface area (Å²) in [5.41, 5.74) is 3.15. The van der Waals surface area contributed by atoms with E-state index < -0.39 is 0 Å². The summed E-state index contributed by atoms with van der Waals surface area (Å²) in [5.74, 6) is 0. The fourth-order valence-corrected chi connectivity index (χ4v) is 1.92. The van der Waals surface area contributed by atoms with Gasteiger partial charge in [0.2, 0.25) is 0 Å². The lowest BCUT2D eigenvalue weighted by atomic mass is 10.1. The van der Waals surface area contributed by atoms with Gasteiger partial charge < -0.3 is 4.74 Å². The van der Waals surface area contributed by atoms with Crippen LogP contribution in [0.15, 0.2) is 10.9 Å². The molecule has 2 aromatic rings. The second-order valence-corrected chi connectivity index (χ2v) is 3.78. The summed E-state index contributed by atoms with van der Waals surface area (Å²) in [6, 6.07) is 1.87. The number of H-pyrrole nitrogens is 1. The van der Waals surface area contributed by atoms with Gasteiger partial charge in [0.05, 0.1) is 24.5 Å². The Labute approximate surface area is 85.7 Å². The van der Waals surface area contributed by atoms with Gasteiger partial charge in [-0.15, -0.1) is 0 Å². The van der Waals surface area contributed by atoms with Crippen LogP contribution >= 0.6 is 0 Å². The maximum atomic E-state index is 12.0. The molecule has 0 atom stereocenters. The fraction of sp³-hybridized carbons (Fsp3) is 0.400. The van der Waals surface area contributed by atoms with Crippen LogP contribution in [0.2, 0.25) is 0 Å². The van der Waals surface area contributed by atoms with Crippen molar-refractivity contribution in [1.82, 2.24) is 14.6 Å². The topological polar surface area (TPSA) is 59.4 Å². The molecule has 0 saturated heterocycles. The van der Waals surface area contributed by atoms with E-state index in [0.29, 0.717) is 24.4 Å². The number of hydrogen-bond donors (Lipinski definition) is 1. The summed E-state index contributed by atoms with van der Waals surface area (Å²) < 4.78 is 6.74. The van der Waals surface area contributed by atoms with Crippen LogP contribution in [-0.4, -0.2) is 21.2 Å². The summed E-state index contributed by atoms with van der Waals surface area (Å²) in [7, 11) is 0. The van der Waals surface area contributed by atoms with Gasteiger partial charge in [-0.2, -0.15) is 0 Å². The van der Waals surface area contributed by atoms with Crippen molar-refractivity contribution in [3.8, 4) is 0 Å². The number of fused-ring (bicyclic) bond motifs is 2. The van der Waals surface area contributed by atoms with E-state index in [0.717, 1.165) is 17.8 Å². The fourth-order valence-electron chi connectivity index (χ4n) is 1.92. The van der Waals surface area contributed by atoms with Gasteiger partial charge in [-0.1, -0.05) is 0 Å². The molecule has 0 aromatic carbocycles. The number of aromatic nitrogens is 3. The zero-order chi connectivity index (χ0) is 10.4. The molecule has 78 valence electrons. The maximum absolute atomic E-state index is 12.0. The molecule has 0 amide bonds. The van der Waals surface area contributed by atoms with E-state index in [2.05, 4.69) is 10.1 Å². The van der Waals surface area contributed by atoms with Crippen LogP contribution in [-0.2, 0) is 17.8 Å². The molecule has 0 radical (unpaired) electrons. The normalized spacial score (nSPS) is 15.5. The molecule has 0 spiro atoms. The quantitative estimate of drug-likeness (QED) is 0.677. The smallest absolute Gasteiger partial charge is 0.278 e. The molecule has 3 rings (SSSR count). The number of ether oxygens (including phenoxy) is 1. The number of nitrogens with zero attached hydrogens (tertiary/aromatic N) is 2. The second-order valence-electron chi connectivity index (χ2n) is 3.78. The Morgan fingerprint density at radius 2 is 2.47 bits per heavy atom. The van der Waals surface area contributed by atoms with Gasteiger partial charge in [-0.05, 0) is 6.92 Å². The molecule has 1 aliphatic rings. The molecule has 2 aromatic heterocycles. The number of aromatic amines is 1. The Morgan fingerprint density at radius 3 is 3.33 bits per heavy atom. The van der Waals surface area contributed by atoms with Gasteiger partial charge in [0.1, 0.15) is 0 Å². The van der Waals surface area contributed by atoms with E-state index in [4.69, 9.17) is 4.74 Å². The maximum Gasteiger partial charge on any atom is 0.278 e. The molecular formula is C10H11N3O2. The Kier molecular flexibility index (Phi) is 1.70. The highest BCUT2D eigenvalue weighted by Crippen LogP contribution is 2.12. The molecule has 3 heterocycles. The van der Waals surface area contributed by atoms with Crippen molar-refractivity contribution in [2.45, 2.75) is 20.0 Å². The SMILES string of the molecule is Cc1cc2nc3c(c(=O)n2[nH]1)COCC3. The van der Waals surface area contributed by atoms with Gasteiger partial charge in [0.25, 0.3) is 5.56 Å². The summed E-state index contributed by atoms with van der Waals surface area (Å²) in [4.78, 5) is 16.4. The summed E-state index contributed by atoms with van der Waals surface area (Å²) >= 11 is 0. The van der Waals surface area contributed by atoms with Crippen molar-refractivity contribution in [3.05, 3.63) is 33.4 Å². The van der Waals surface area contributed by atoms with E-state index in [9.17, 15) is 4.79 Å². The van der Waals surface area contributed by atoms with Gasteiger partial charge in [0, 0.05) is 18.2 Å². The monoisotopic (exact) mass is 205 g/mol. The van der Waals surface area contributed by atoms with E-state index in [1.165, 1.54) is 4.52 Å². The molecule has 0 fully saturated rings. The first-order valence-electron chi connectivity index (χ1n) is 4.93. The van der Waals surface area contributed by atoms with Gasteiger partial charge in [0.15, 0.2) is 5.65 Å². The Hall–Kier alpha value is -1.62. The van der Waals surface area contributed by atoms with Crippen molar-refractivity contribution in [3.63, 3.8) is 0 Å². The molecule has 1 aliphatic heterocycles. The molecule has 0 bridgehead atoms. The highest BCUT2D eigenvalue weighted by molar-refractivity contribution is 5.41. The molecule has 5 heteroatoms. The van der Waals surface area contributed by atoms with Gasteiger partial charge in [-0.3, -0.25) is 9.89 Å². The van der Waals surface area contributed by atoms with Crippen LogP contribution in [0.1, 0.15) is 17.0 Å². The highest BCUT2D eigenvalue weighted by atomic mass is 16.5. The minimum absolute atomic E-state index is 0.0391. The number of aryl methyl sites for hydroxylation is 1. The van der Waals surface area contributed by atoms with Crippen LogP contribution < -0.4 is 5.56 Å². The van der Waals surface area contributed by atoms with Crippen molar-refractivity contribution in [2.24, 2.45) is 0 Å². The summed E-state index contributed by atoms with van der Waals surface area (Å²) in [5, 5.41) is 2.96. The third kappa shape index (κ3) is 1.20. The molecule has 1 N–H and O–H groups in total. The average Bonchev–Trinajstić information content (AvgIpc) is 2.59. The second kappa shape index (κ2) is 2.93. The third-order valence-electron chi connectivity index (χ3n) is 2.65. The first-order chi connectivity index (χ1) is 7.25. The first-order valence-corrected chi connectivity index (χ1v) is 4.93. The van der Waals surface area contributed by atoms with E-state index >= 15 is 0 Å². The van der Waals surface area contributed by atoms with Crippen LogP contribution in [0, 0.1) is 6.92 Å². The average molecular weight is 205 g/mol. The predicted molar refractivity (Wildman–Crippen MR) is 53.9 cm³/mol. The van der Waals surface area contributed by atoms with Gasteiger partial charge >= 0.3 is 0 Å². The van der Waals surface area contributed by atoms with Gasteiger partial charge in [-0.25, -0.2) is 9.50 Å². The van der Waals surface area contributed by atoms with Crippen LogP contribution in [0.5, 0.6) is 0 Å². The minimum Gasteiger partial charge on any atom is -0.376 e. The molecule has 0 unspecified atom stereocenters. The number of nitrogens with one attached hydrogen (secondary N) is 1. The molecule has 0 saturated carbocycles. The Balaban J connectivity index is 2.40. The van der Waals surface area contributed by atoms with Crippen molar-refractivity contribution >= 4 is 5.65 Å². The standard InChI is InChI=1S/C10H11N3O2/c1-6-4-9-11-8-2-3-15-5-7(8)10(14)13(9)12-6/h4,12H,2-3,5H2,1H3. The summed E-state index contributed by atoms with van der Waals surface area (Å²) in [6.07, 6.45) is 0.727. The molecular weight excluding hydrogens is 194 g/mol. The van der Waals surface area contributed by atoms with E-state index in [1.807, 2.05) is 13.0 Å². The molecule has 15 heavy (non-hydrogen) atoms. The molecule has 5 nitrogen and oxygen atoms in total. The van der Waals surface area contributed by atoms with Crippen molar-refractivity contribution in [2.75, 3.05) is 6.61 Å². The Bertz CT molecular complexity index is 582. The lowest BCUT2D eigenvalue weighted by Crippen LogP contribution is -2.27. The largest absolute Gasteiger partial charge is 0.376 e. The van der Waals surface area contributed by atoms with Crippen molar-refractivity contribution < 1.29 is 4.74 Å². The minimum atomic E-state index is -0.0391. The van der Waals surface area contributed by atoms with Crippen LogP contribution in [0.3, 0.4) is 0 Å². The van der Waals surface area contributed by atoms with Crippen LogP contribution in [0.25, 0.3) is 5.65 Å². The lowest BCUT2D eigenvalue weighted by molar-refractivity contribution is 0.108. The zero-order valence-electron chi connectivity index (χ0n) is 8.41. The third-order valence-corrected chi connectivity index (χ3v) is 2.65. The predicted octanol–water partition coefficient (Wildman–Crippen LogP) is 0.404. The first kappa shape index (κ1) is 8.67. The summed E-state index contributed by atoms with van der Waals surface area (Å²) in [6.45, 7) is 2.94. The lowest BCUT2D eigenvalue weighted by Gasteiger charge is -2.14. The highest BCUT2D eigenvalue weighted by Gasteiger charge is 2.17. The van der Waals surface area contributed by atoms with E-state index in [1.54, 1.807) is 0 Å². The zero-order valence-corrected chi connectivity index (χ0v) is 8.41. The Morgan fingerprint density at radius 1 is 1.60 bits per heavy atom. The molecule has 0 aliphatic carbocycles. The van der Waals surface area contributed by atoms with Crippen LogP contribution in [0.4, 0.5) is 0 Å². The number of hydrogen-bond acceptors (Lipinski definition) is 3.